The molecule has 3 heterocycles. The fourth-order valence-corrected chi connectivity index (χ4v) is 2.20. The van der Waals surface area contributed by atoms with Crippen LogP contribution in [0.25, 0.3) is 11.0 Å². The highest BCUT2D eigenvalue weighted by atomic mass is 16.5. The molecule has 0 aromatic carbocycles. The number of hydrogen-bond donors (Lipinski definition) is 3. The topological polar surface area (TPSA) is 109 Å². The van der Waals surface area contributed by atoms with E-state index in [1.54, 1.807) is 24.5 Å². The van der Waals surface area contributed by atoms with Crippen molar-refractivity contribution in [3.63, 3.8) is 0 Å². The summed E-state index contributed by atoms with van der Waals surface area (Å²) in [5.74, 6) is 1.10. The second-order valence-corrected chi connectivity index (χ2v) is 4.99. The summed E-state index contributed by atoms with van der Waals surface area (Å²) < 4.78 is 10.2. The van der Waals surface area contributed by atoms with E-state index in [0.717, 1.165) is 5.76 Å². The summed E-state index contributed by atoms with van der Waals surface area (Å²) in [6.45, 7) is 0.386. The van der Waals surface area contributed by atoms with E-state index in [4.69, 9.17) is 9.15 Å². The van der Waals surface area contributed by atoms with Crippen molar-refractivity contribution in [3.8, 4) is 5.88 Å². The summed E-state index contributed by atoms with van der Waals surface area (Å²) in [4.78, 5) is 31.3. The van der Waals surface area contributed by atoms with E-state index in [9.17, 15) is 9.59 Å². The predicted molar refractivity (Wildman–Crippen MR) is 88.3 cm³/mol. The molecule has 3 aromatic rings. The summed E-state index contributed by atoms with van der Waals surface area (Å²) in [5, 5.41) is 5.17. The summed E-state index contributed by atoms with van der Waals surface area (Å²) in [7, 11) is 1.47. The maximum Gasteiger partial charge on any atom is 0.319 e. The molecule has 24 heavy (non-hydrogen) atoms. The Morgan fingerprint density at radius 1 is 1.38 bits per heavy atom. The van der Waals surface area contributed by atoms with Gasteiger partial charge in [0.15, 0.2) is 0 Å². The first kappa shape index (κ1) is 15.6. The number of urea groups is 1. The monoisotopic (exact) mass is 328 g/mol. The molecular formula is C16H16N4O4. The first-order chi connectivity index (χ1) is 11.7. The number of fused-ring (bicyclic) bond motifs is 1. The zero-order chi connectivity index (χ0) is 16.9. The van der Waals surface area contributed by atoms with Gasteiger partial charge in [-0.05, 0) is 18.2 Å². The molecule has 2 amide bonds. The Balaban J connectivity index is 1.69. The van der Waals surface area contributed by atoms with Crippen molar-refractivity contribution in [3.05, 3.63) is 52.7 Å². The lowest BCUT2D eigenvalue weighted by molar-refractivity contribution is 0.252. The lowest BCUT2D eigenvalue weighted by Gasteiger charge is -2.07. The van der Waals surface area contributed by atoms with Crippen LogP contribution in [-0.4, -0.2) is 29.7 Å². The lowest BCUT2D eigenvalue weighted by atomic mass is 10.3. The number of anilines is 1. The van der Waals surface area contributed by atoms with Gasteiger partial charge in [0, 0.05) is 25.2 Å². The van der Waals surface area contributed by atoms with E-state index in [0.29, 0.717) is 24.4 Å². The molecule has 0 aliphatic rings. The molecule has 8 heteroatoms. The molecule has 0 aliphatic carbocycles. The van der Waals surface area contributed by atoms with Crippen LogP contribution < -0.4 is 20.8 Å². The van der Waals surface area contributed by atoms with Crippen molar-refractivity contribution < 1.29 is 13.9 Å². The molecule has 0 unspecified atom stereocenters. The standard InChI is InChI=1S/C16H16N4O4/c1-23-13-5-4-11-14(20-13)15(21)12(9-18-11)19-16(22)17-7-6-10-3-2-8-24-10/h2-5,8-9H,6-7H2,1H3,(H,18,21)(H2,17,19,22). The van der Waals surface area contributed by atoms with Crippen LogP contribution in [-0.2, 0) is 6.42 Å². The molecule has 0 saturated carbocycles. The fraction of sp³-hybridized carbons (Fsp3) is 0.188. The quantitative estimate of drug-likeness (QED) is 0.662. The number of carbonyl (C=O) groups excluding carboxylic acids is 1. The van der Waals surface area contributed by atoms with Crippen LogP contribution in [0.4, 0.5) is 10.5 Å². The third-order valence-electron chi connectivity index (χ3n) is 3.40. The molecule has 0 saturated heterocycles. The van der Waals surface area contributed by atoms with Gasteiger partial charge < -0.3 is 24.8 Å². The molecule has 3 aromatic heterocycles. The third kappa shape index (κ3) is 3.37. The van der Waals surface area contributed by atoms with Gasteiger partial charge in [0.05, 0.1) is 18.9 Å². The number of H-pyrrole nitrogens is 1. The van der Waals surface area contributed by atoms with Crippen molar-refractivity contribution in [2.24, 2.45) is 0 Å². The van der Waals surface area contributed by atoms with Gasteiger partial charge in [-0.15, -0.1) is 0 Å². The van der Waals surface area contributed by atoms with Crippen LogP contribution in [0.5, 0.6) is 5.88 Å². The number of carbonyl (C=O) groups is 1. The molecule has 0 bridgehead atoms. The highest BCUT2D eigenvalue weighted by molar-refractivity contribution is 5.91. The van der Waals surface area contributed by atoms with E-state index in [2.05, 4.69) is 20.6 Å². The molecule has 8 nitrogen and oxygen atoms in total. The highest BCUT2D eigenvalue weighted by Crippen LogP contribution is 2.13. The van der Waals surface area contributed by atoms with E-state index in [1.807, 2.05) is 6.07 Å². The Bertz CT molecular complexity index is 902. The molecule has 0 fully saturated rings. The number of pyridine rings is 2. The second-order valence-electron chi connectivity index (χ2n) is 4.99. The molecule has 3 rings (SSSR count). The SMILES string of the molecule is COc1ccc2[nH]cc(NC(=O)NCCc3ccco3)c(=O)c2n1. The minimum Gasteiger partial charge on any atom is -0.481 e. The van der Waals surface area contributed by atoms with E-state index < -0.39 is 6.03 Å². The van der Waals surface area contributed by atoms with Crippen molar-refractivity contribution >= 4 is 22.8 Å². The van der Waals surface area contributed by atoms with Gasteiger partial charge >= 0.3 is 6.03 Å². The maximum atomic E-state index is 12.4. The number of ether oxygens (including phenoxy) is 1. The van der Waals surface area contributed by atoms with Crippen molar-refractivity contribution in [1.82, 2.24) is 15.3 Å². The van der Waals surface area contributed by atoms with Gasteiger partial charge in [-0.2, -0.15) is 0 Å². The van der Waals surface area contributed by atoms with Gasteiger partial charge in [0.1, 0.15) is 17.0 Å². The number of aromatic nitrogens is 2. The van der Waals surface area contributed by atoms with Gasteiger partial charge in [-0.25, -0.2) is 9.78 Å². The maximum absolute atomic E-state index is 12.4. The number of nitrogens with one attached hydrogen (secondary N) is 3. The normalized spacial score (nSPS) is 10.5. The molecular weight excluding hydrogens is 312 g/mol. The van der Waals surface area contributed by atoms with E-state index in [1.165, 1.54) is 13.3 Å². The number of hydrogen-bond acceptors (Lipinski definition) is 5. The number of methoxy groups -OCH3 is 1. The predicted octanol–water partition coefficient (Wildman–Crippen LogP) is 1.89. The van der Waals surface area contributed by atoms with Gasteiger partial charge in [0.25, 0.3) is 0 Å². The molecule has 0 aliphatic heterocycles. The van der Waals surface area contributed by atoms with Crippen LogP contribution in [0.1, 0.15) is 5.76 Å². The smallest absolute Gasteiger partial charge is 0.319 e. The van der Waals surface area contributed by atoms with Gasteiger partial charge in [0.2, 0.25) is 11.3 Å². The molecule has 124 valence electrons. The summed E-state index contributed by atoms with van der Waals surface area (Å²) in [6, 6.07) is 6.47. The number of furan rings is 1. The Morgan fingerprint density at radius 3 is 3.00 bits per heavy atom. The van der Waals surface area contributed by atoms with Crippen LogP contribution >= 0.6 is 0 Å². The van der Waals surface area contributed by atoms with Crippen LogP contribution in [0.3, 0.4) is 0 Å². The average Bonchev–Trinajstić information content (AvgIpc) is 3.10. The van der Waals surface area contributed by atoms with Crippen LogP contribution in [0.15, 0.2) is 45.9 Å². The number of nitrogens with zero attached hydrogens (tertiary/aromatic N) is 1. The molecule has 0 radical (unpaired) electrons. The zero-order valence-electron chi connectivity index (χ0n) is 13.0. The third-order valence-corrected chi connectivity index (χ3v) is 3.40. The molecule has 0 spiro atoms. The molecule has 0 atom stereocenters. The van der Waals surface area contributed by atoms with Crippen molar-refractivity contribution in [2.75, 3.05) is 19.0 Å². The van der Waals surface area contributed by atoms with E-state index >= 15 is 0 Å². The number of aromatic amines is 1. The van der Waals surface area contributed by atoms with E-state index in [-0.39, 0.29) is 16.6 Å². The van der Waals surface area contributed by atoms with Gasteiger partial charge in [-0.3, -0.25) is 4.79 Å². The Morgan fingerprint density at radius 2 is 2.25 bits per heavy atom. The number of amides is 2. The zero-order valence-corrected chi connectivity index (χ0v) is 13.0. The summed E-state index contributed by atoms with van der Waals surface area (Å²) in [6.07, 6.45) is 3.57. The number of rotatable bonds is 5. The first-order valence-electron chi connectivity index (χ1n) is 7.31. The van der Waals surface area contributed by atoms with Crippen molar-refractivity contribution in [1.29, 1.82) is 0 Å². The largest absolute Gasteiger partial charge is 0.481 e. The van der Waals surface area contributed by atoms with Crippen LogP contribution in [0, 0.1) is 0 Å². The lowest BCUT2D eigenvalue weighted by Crippen LogP contribution is -2.32. The highest BCUT2D eigenvalue weighted by Gasteiger charge is 2.10. The second kappa shape index (κ2) is 6.86. The van der Waals surface area contributed by atoms with Gasteiger partial charge in [-0.1, -0.05) is 0 Å². The molecule has 3 N–H and O–H groups in total. The summed E-state index contributed by atoms with van der Waals surface area (Å²) in [5.41, 5.74) is 0.481. The Labute approximate surface area is 136 Å². The van der Waals surface area contributed by atoms with Crippen molar-refractivity contribution in [2.45, 2.75) is 6.42 Å². The first-order valence-corrected chi connectivity index (χ1v) is 7.31. The minimum atomic E-state index is -0.477. The fourth-order valence-electron chi connectivity index (χ4n) is 2.20. The Kier molecular flexibility index (Phi) is 4.46. The summed E-state index contributed by atoms with van der Waals surface area (Å²) >= 11 is 0. The Hall–Kier alpha value is -3.29. The average molecular weight is 328 g/mol. The van der Waals surface area contributed by atoms with Crippen LogP contribution in [0.2, 0.25) is 0 Å². The minimum absolute atomic E-state index is 0.110.